The molecule has 27 heavy (non-hydrogen) atoms. The number of nitrogens with zero attached hydrogens (tertiary/aromatic N) is 2. The molecule has 2 amide bonds. The summed E-state index contributed by atoms with van der Waals surface area (Å²) in [5.74, 6) is -0.828. The number of rotatable bonds is 7. The Hall–Kier alpha value is -2.08. The van der Waals surface area contributed by atoms with Gasteiger partial charge in [0.05, 0.1) is 0 Å². The molecule has 6 heteroatoms. The second kappa shape index (κ2) is 9.22. The van der Waals surface area contributed by atoms with E-state index in [1.807, 2.05) is 35.2 Å². The number of amides is 2. The molecule has 2 aliphatic heterocycles. The summed E-state index contributed by atoms with van der Waals surface area (Å²) in [7, 11) is 0. The lowest BCUT2D eigenvalue weighted by Gasteiger charge is -2.27. The van der Waals surface area contributed by atoms with Gasteiger partial charge in [0, 0.05) is 31.1 Å². The van der Waals surface area contributed by atoms with Crippen LogP contribution in [0.4, 0.5) is 4.79 Å². The molecule has 0 aromatic heterocycles. The van der Waals surface area contributed by atoms with Crippen molar-refractivity contribution < 1.29 is 14.7 Å². The number of aliphatic carboxylic acids is 1. The van der Waals surface area contributed by atoms with Crippen LogP contribution in [0, 0.1) is 0 Å². The molecule has 2 fully saturated rings. The van der Waals surface area contributed by atoms with Crippen LogP contribution in [-0.2, 0) is 11.2 Å². The average Bonchev–Trinajstić information content (AvgIpc) is 3.30. The van der Waals surface area contributed by atoms with Crippen LogP contribution in [-0.4, -0.2) is 64.7 Å². The molecule has 2 aliphatic rings. The smallest absolute Gasteiger partial charge is 0.317 e. The summed E-state index contributed by atoms with van der Waals surface area (Å²) < 4.78 is 0. The summed E-state index contributed by atoms with van der Waals surface area (Å²) in [5.41, 5.74) is 1.11. The van der Waals surface area contributed by atoms with Gasteiger partial charge in [-0.1, -0.05) is 30.3 Å². The third kappa shape index (κ3) is 5.45. The van der Waals surface area contributed by atoms with E-state index >= 15 is 0 Å². The standard InChI is InChI=1S/C21H31N3O3/c1-16-13-19(23-11-5-6-12-23)15-24(16)21(27)22-18(9-10-20(25)26)14-17-7-3-2-4-8-17/h2-4,7-8,16,18-19H,5-6,9-15H2,1H3,(H,22,27)(H,25,26). The summed E-state index contributed by atoms with van der Waals surface area (Å²) in [4.78, 5) is 28.4. The van der Waals surface area contributed by atoms with Crippen molar-refractivity contribution in [3.8, 4) is 0 Å². The summed E-state index contributed by atoms with van der Waals surface area (Å²) in [5, 5.41) is 12.2. The first kappa shape index (κ1) is 19.7. The molecule has 6 nitrogen and oxygen atoms in total. The first-order chi connectivity index (χ1) is 13.0. The van der Waals surface area contributed by atoms with Gasteiger partial charge in [-0.3, -0.25) is 9.69 Å². The van der Waals surface area contributed by atoms with E-state index < -0.39 is 5.97 Å². The molecule has 3 unspecified atom stereocenters. The molecule has 0 bridgehead atoms. The number of benzene rings is 1. The maximum atomic E-state index is 12.9. The van der Waals surface area contributed by atoms with Crippen molar-refractivity contribution in [2.75, 3.05) is 19.6 Å². The van der Waals surface area contributed by atoms with E-state index in [1.54, 1.807) is 0 Å². The minimum Gasteiger partial charge on any atom is -0.481 e. The van der Waals surface area contributed by atoms with Gasteiger partial charge in [-0.2, -0.15) is 0 Å². The van der Waals surface area contributed by atoms with Crippen LogP contribution in [0.25, 0.3) is 0 Å². The minimum atomic E-state index is -0.828. The molecule has 1 aromatic carbocycles. The molecule has 1 aromatic rings. The number of carboxylic acid groups (broad SMARTS) is 1. The topological polar surface area (TPSA) is 72.9 Å². The van der Waals surface area contributed by atoms with E-state index in [0.717, 1.165) is 31.6 Å². The number of carbonyl (C=O) groups is 2. The van der Waals surface area contributed by atoms with Crippen LogP contribution in [0.15, 0.2) is 30.3 Å². The Balaban J connectivity index is 1.59. The Morgan fingerprint density at radius 3 is 2.59 bits per heavy atom. The number of urea groups is 1. The molecular formula is C21H31N3O3. The molecule has 0 spiro atoms. The maximum Gasteiger partial charge on any atom is 0.317 e. The lowest BCUT2D eigenvalue weighted by atomic mass is 10.0. The first-order valence-electron chi connectivity index (χ1n) is 10.1. The lowest BCUT2D eigenvalue weighted by Crippen LogP contribution is -2.48. The van der Waals surface area contributed by atoms with Crippen molar-refractivity contribution in [2.24, 2.45) is 0 Å². The van der Waals surface area contributed by atoms with Crippen LogP contribution in [0.5, 0.6) is 0 Å². The maximum absolute atomic E-state index is 12.9. The summed E-state index contributed by atoms with van der Waals surface area (Å²) in [6.45, 7) is 5.16. The van der Waals surface area contributed by atoms with Crippen LogP contribution >= 0.6 is 0 Å². The van der Waals surface area contributed by atoms with Crippen molar-refractivity contribution in [1.82, 2.24) is 15.1 Å². The molecule has 2 N–H and O–H groups in total. The van der Waals surface area contributed by atoms with E-state index in [9.17, 15) is 9.59 Å². The predicted octanol–water partition coefficient (Wildman–Crippen LogP) is 2.73. The van der Waals surface area contributed by atoms with Crippen LogP contribution in [0.3, 0.4) is 0 Å². The third-order valence-electron chi connectivity index (χ3n) is 5.83. The molecule has 0 saturated carbocycles. The predicted molar refractivity (Wildman–Crippen MR) is 105 cm³/mol. The zero-order valence-electron chi connectivity index (χ0n) is 16.1. The van der Waals surface area contributed by atoms with Gasteiger partial charge < -0.3 is 15.3 Å². The second-order valence-corrected chi connectivity index (χ2v) is 7.90. The van der Waals surface area contributed by atoms with Crippen molar-refractivity contribution in [1.29, 1.82) is 0 Å². The van der Waals surface area contributed by atoms with Gasteiger partial charge in [-0.25, -0.2) is 4.79 Å². The van der Waals surface area contributed by atoms with Crippen molar-refractivity contribution in [3.05, 3.63) is 35.9 Å². The Bertz CT molecular complexity index is 631. The number of nitrogens with one attached hydrogen (secondary N) is 1. The SMILES string of the molecule is CC1CC(N2CCCC2)CN1C(=O)NC(CCC(=O)O)Cc1ccccc1. The van der Waals surface area contributed by atoms with Gasteiger partial charge >= 0.3 is 12.0 Å². The monoisotopic (exact) mass is 373 g/mol. The van der Waals surface area contributed by atoms with Crippen molar-refractivity contribution in [3.63, 3.8) is 0 Å². The average molecular weight is 373 g/mol. The quantitative estimate of drug-likeness (QED) is 0.771. The highest BCUT2D eigenvalue weighted by atomic mass is 16.4. The largest absolute Gasteiger partial charge is 0.481 e. The highest BCUT2D eigenvalue weighted by Gasteiger charge is 2.36. The van der Waals surface area contributed by atoms with Gasteiger partial charge in [0.1, 0.15) is 0 Å². The van der Waals surface area contributed by atoms with Crippen LogP contribution in [0.2, 0.25) is 0 Å². The zero-order chi connectivity index (χ0) is 19.2. The van der Waals surface area contributed by atoms with Crippen LogP contribution < -0.4 is 5.32 Å². The molecular weight excluding hydrogens is 342 g/mol. The molecule has 2 heterocycles. The highest BCUT2D eigenvalue weighted by Crippen LogP contribution is 2.25. The molecule has 2 saturated heterocycles. The summed E-state index contributed by atoms with van der Waals surface area (Å²) >= 11 is 0. The number of carbonyl (C=O) groups excluding carboxylic acids is 1. The van der Waals surface area contributed by atoms with Gasteiger partial charge in [0.25, 0.3) is 0 Å². The van der Waals surface area contributed by atoms with E-state index in [2.05, 4.69) is 17.1 Å². The van der Waals surface area contributed by atoms with E-state index in [1.165, 1.54) is 12.8 Å². The van der Waals surface area contributed by atoms with Gasteiger partial charge in [0.15, 0.2) is 0 Å². The fraction of sp³-hybridized carbons (Fsp3) is 0.619. The third-order valence-corrected chi connectivity index (χ3v) is 5.83. The first-order valence-corrected chi connectivity index (χ1v) is 10.1. The van der Waals surface area contributed by atoms with Gasteiger partial charge in [-0.15, -0.1) is 0 Å². The molecule has 148 valence electrons. The van der Waals surface area contributed by atoms with E-state index in [-0.39, 0.29) is 24.5 Å². The fourth-order valence-corrected chi connectivity index (χ4v) is 4.34. The molecule has 0 radical (unpaired) electrons. The molecule has 0 aliphatic carbocycles. The zero-order valence-corrected chi connectivity index (χ0v) is 16.1. The van der Waals surface area contributed by atoms with E-state index in [0.29, 0.717) is 18.9 Å². The Morgan fingerprint density at radius 1 is 1.22 bits per heavy atom. The fourth-order valence-electron chi connectivity index (χ4n) is 4.34. The van der Waals surface area contributed by atoms with Gasteiger partial charge in [0.2, 0.25) is 0 Å². The molecule has 3 atom stereocenters. The summed E-state index contributed by atoms with van der Waals surface area (Å²) in [6.07, 6.45) is 4.68. The number of hydrogen-bond acceptors (Lipinski definition) is 3. The minimum absolute atomic E-state index is 0.0593. The number of carboxylic acids is 1. The normalized spacial score (nSPS) is 24.1. The van der Waals surface area contributed by atoms with Crippen LogP contribution in [0.1, 0.15) is 44.6 Å². The number of likely N-dealkylation sites (tertiary alicyclic amines) is 2. The number of hydrogen-bond donors (Lipinski definition) is 2. The Labute approximate surface area is 161 Å². The Kier molecular flexibility index (Phi) is 6.72. The van der Waals surface area contributed by atoms with E-state index in [4.69, 9.17) is 5.11 Å². The summed E-state index contributed by atoms with van der Waals surface area (Å²) in [6, 6.07) is 10.4. The second-order valence-electron chi connectivity index (χ2n) is 7.90. The van der Waals surface area contributed by atoms with Gasteiger partial charge in [-0.05, 0) is 57.7 Å². The molecule has 3 rings (SSSR count). The lowest BCUT2D eigenvalue weighted by molar-refractivity contribution is -0.137. The van der Waals surface area contributed by atoms with Crippen molar-refractivity contribution in [2.45, 2.75) is 63.6 Å². The Morgan fingerprint density at radius 2 is 1.93 bits per heavy atom. The van der Waals surface area contributed by atoms with Crippen molar-refractivity contribution >= 4 is 12.0 Å². The highest BCUT2D eigenvalue weighted by molar-refractivity contribution is 5.75.